The van der Waals surface area contributed by atoms with E-state index in [9.17, 15) is 18.0 Å². The molecule has 88 valence electrons. The largest absolute Gasteiger partial charge is 0.494 e. The highest BCUT2D eigenvalue weighted by molar-refractivity contribution is 5.92. The number of alkyl halides is 2. The summed E-state index contributed by atoms with van der Waals surface area (Å²) in [5, 5.41) is 0. The lowest BCUT2D eigenvalue weighted by Gasteiger charge is -2.10. The van der Waals surface area contributed by atoms with Crippen LogP contribution in [0.4, 0.5) is 13.2 Å². The molecule has 0 fully saturated rings. The number of pyridine rings is 1. The Morgan fingerprint density at radius 3 is 2.50 bits per heavy atom. The predicted molar refractivity (Wildman–Crippen MR) is 47.0 cm³/mol. The summed E-state index contributed by atoms with van der Waals surface area (Å²) in [5.41, 5.74) is -1.35. The number of hydrogen-bond acceptors (Lipinski definition) is 4. The summed E-state index contributed by atoms with van der Waals surface area (Å²) in [4.78, 5) is 14.2. The molecule has 0 aliphatic rings. The van der Waals surface area contributed by atoms with Gasteiger partial charge < -0.3 is 9.47 Å². The molecular weight excluding hydrogens is 227 g/mol. The number of nitrogens with zero attached hydrogens (tertiary/aromatic N) is 1. The highest BCUT2D eigenvalue weighted by atomic mass is 19.3. The molecule has 1 heterocycles. The van der Waals surface area contributed by atoms with Crippen LogP contribution in [0.25, 0.3) is 0 Å². The lowest BCUT2D eigenvalue weighted by Crippen LogP contribution is -2.09. The quantitative estimate of drug-likeness (QED) is 0.593. The second kappa shape index (κ2) is 4.82. The number of carbonyl (C=O) groups excluding carboxylic acids is 1. The van der Waals surface area contributed by atoms with Crippen molar-refractivity contribution in [2.75, 3.05) is 14.2 Å². The smallest absolute Gasteiger partial charge is 0.341 e. The van der Waals surface area contributed by atoms with Gasteiger partial charge in [-0.1, -0.05) is 0 Å². The van der Waals surface area contributed by atoms with Gasteiger partial charge in [0.25, 0.3) is 6.43 Å². The molecule has 0 aromatic carbocycles. The van der Waals surface area contributed by atoms with Crippen LogP contribution in [-0.4, -0.2) is 25.2 Å². The third-order valence-electron chi connectivity index (χ3n) is 1.78. The molecule has 1 aromatic rings. The number of hydrogen-bond donors (Lipinski definition) is 0. The zero-order chi connectivity index (χ0) is 12.3. The van der Waals surface area contributed by atoms with Gasteiger partial charge in [-0.2, -0.15) is 4.39 Å². The molecule has 0 bridgehead atoms. The van der Waals surface area contributed by atoms with E-state index in [0.717, 1.165) is 14.2 Å². The Labute approximate surface area is 89.0 Å². The average Bonchev–Trinajstić information content (AvgIpc) is 2.26. The maximum absolute atomic E-state index is 12.9. The van der Waals surface area contributed by atoms with E-state index in [0.29, 0.717) is 6.07 Å². The Kier molecular flexibility index (Phi) is 3.70. The Morgan fingerprint density at radius 1 is 1.44 bits per heavy atom. The fraction of sp³-hybridized carbons (Fsp3) is 0.333. The maximum Gasteiger partial charge on any atom is 0.341 e. The van der Waals surface area contributed by atoms with E-state index in [1.54, 1.807) is 0 Å². The van der Waals surface area contributed by atoms with E-state index in [1.807, 2.05) is 0 Å². The zero-order valence-electron chi connectivity index (χ0n) is 8.46. The number of esters is 1. The number of carbonyl (C=O) groups is 1. The lowest BCUT2D eigenvalue weighted by atomic mass is 10.2. The lowest BCUT2D eigenvalue weighted by molar-refractivity contribution is 0.0594. The van der Waals surface area contributed by atoms with Gasteiger partial charge >= 0.3 is 5.97 Å². The molecule has 0 aliphatic heterocycles. The number of halogens is 3. The van der Waals surface area contributed by atoms with Crippen molar-refractivity contribution in [3.8, 4) is 5.75 Å². The van der Waals surface area contributed by atoms with Crippen molar-refractivity contribution < 1.29 is 27.4 Å². The van der Waals surface area contributed by atoms with Crippen LogP contribution in [0.3, 0.4) is 0 Å². The number of rotatable bonds is 3. The molecule has 0 N–H and O–H groups in total. The van der Waals surface area contributed by atoms with Gasteiger partial charge in [0.15, 0.2) is 11.4 Å². The van der Waals surface area contributed by atoms with Crippen LogP contribution in [-0.2, 0) is 4.74 Å². The van der Waals surface area contributed by atoms with Crippen LogP contribution in [0.2, 0.25) is 0 Å². The van der Waals surface area contributed by atoms with E-state index in [1.165, 1.54) is 0 Å². The fourth-order valence-electron chi connectivity index (χ4n) is 1.14. The second-order valence-corrected chi connectivity index (χ2v) is 2.70. The summed E-state index contributed by atoms with van der Waals surface area (Å²) in [7, 11) is 2.12. The first-order valence-corrected chi connectivity index (χ1v) is 4.12. The summed E-state index contributed by atoms with van der Waals surface area (Å²) >= 11 is 0. The van der Waals surface area contributed by atoms with E-state index in [4.69, 9.17) is 0 Å². The van der Waals surface area contributed by atoms with E-state index < -0.39 is 35.3 Å². The van der Waals surface area contributed by atoms with Crippen molar-refractivity contribution in [2.45, 2.75) is 6.43 Å². The topological polar surface area (TPSA) is 48.4 Å². The van der Waals surface area contributed by atoms with Gasteiger partial charge in [-0.05, 0) is 0 Å². The first-order chi connectivity index (χ1) is 7.51. The molecule has 0 atom stereocenters. The van der Waals surface area contributed by atoms with E-state index in [2.05, 4.69) is 14.5 Å². The van der Waals surface area contributed by atoms with Crippen molar-refractivity contribution in [3.63, 3.8) is 0 Å². The van der Waals surface area contributed by atoms with E-state index in [-0.39, 0.29) is 0 Å². The zero-order valence-corrected chi connectivity index (χ0v) is 8.46. The number of methoxy groups -OCH3 is 2. The summed E-state index contributed by atoms with van der Waals surface area (Å²) < 4.78 is 46.8. The van der Waals surface area contributed by atoms with Crippen LogP contribution < -0.4 is 4.74 Å². The van der Waals surface area contributed by atoms with Gasteiger partial charge in [-0.25, -0.2) is 18.6 Å². The van der Waals surface area contributed by atoms with Crippen LogP contribution in [0, 0.1) is 5.95 Å². The molecule has 0 aliphatic carbocycles. The summed E-state index contributed by atoms with van der Waals surface area (Å²) in [6.07, 6.45) is -3.05. The van der Waals surface area contributed by atoms with Crippen molar-refractivity contribution in [2.24, 2.45) is 0 Å². The average molecular weight is 235 g/mol. The van der Waals surface area contributed by atoms with Crippen molar-refractivity contribution >= 4 is 5.97 Å². The molecule has 0 amide bonds. The normalized spacial score (nSPS) is 10.4. The monoisotopic (exact) mass is 235 g/mol. The predicted octanol–water partition coefficient (Wildman–Crippen LogP) is 1.95. The van der Waals surface area contributed by atoms with Crippen LogP contribution in [0.5, 0.6) is 5.75 Å². The first kappa shape index (κ1) is 12.3. The molecule has 1 rings (SSSR count). The van der Waals surface area contributed by atoms with Crippen molar-refractivity contribution in [1.29, 1.82) is 0 Å². The molecular formula is C9H8F3NO3. The standard InChI is InChI=1S/C9H8F3NO3/c1-15-7-4(9(14)16-2)3-5(10)13-6(7)8(11)12/h3,8H,1-2H3. The minimum Gasteiger partial charge on any atom is -0.494 e. The Morgan fingerprint density at radius 2 is 2.06 bits per heavy atom. The molecule has 0 unspecified atom stereocenters. The summed E-state index contributed by atoms with van der Waals surface area (Å²) in [6, 6.07) is 0.677. The number of aromatic nitrogens is 1. The third-order valence-corrected chi connectivity index (χ3v) is 1.78. The maximum atomic E-state index is 12.9. The van der Waals surface area contributed by atoms with Crippen LogP contribution in [0.1, 0.15) is 22.5 Å². The molecule has 0 saturated carbocycles. The van der Waals surface area contributed by atoms with Crippen molar-refractivity contribution in [1.82, 2.24) is 4.98 Å². The second-order valence-electron chi connectivity index (χ2n) is 2.70. The molecule has 0 saturated heterocycles. The van der Waals surface area contributed by atoms with Gasteiger partial charge in [-0.15, -0.1) is 0 Å². The molecule has 4 nitrogen and oxygen atoms in total. The molecule has 0 spiro atoms. The highest BCUT2D eigenvalue weighted by Crippen LogP contribution is 2.31. The number of ether oxygens (including phenoxy) is 2. The SMILES string of the molecule is COC(=O)c1cc(F)nc(C(F)F)c1OC. The Hall–Kier alpha value is -1.79. The van der Waals surface area contributed by atoms with Crippen molar-refractivity contribution in [3.05, 3.63) is 23.3 Å². The first-order valence-electron chi connectivity index (χ1n) is 4.12. The van der Waals surface area contributed by atoms with Gasteiger partial charge in [-0.3, -0.25) is 0 Å². The molecule has 1 aromatic heterocycles. The summed E-state index contributed by atoms with van der Waals surface area (Å²) in [6.45, 7) is 0. The van der Waals surface area contributed by atoms with Gasteiger partial charge in [0, 0.05) is 6.07 Å². The minimum atomic E-state index is -3.05. The summed E-state index contributed by atoms with van der Waals surface area (Å²) in [5.74, 6) is -2.65. The third kappa shape index (κ3) is 2.23. The molecule has 7 heteroatoms. The Bertz CT molecular complexity index is 409. The van der Waals surface area contributed by atoms with Gasteiger partial charge in [0.2, 0.25) is 5.95 Å². The minimum absolute atomic E-state index is 0.423. The Balaban J connectivity index is 3.41. The van der Waals surface area contributed by atoms with Crippen LogP contribution >= 0.6 is 0 Å². The van der Waals surface area contributed by atoms with Gasteiger partial charge in [0.05, 0.1) is 14.2 Å². The van der Waals surface area contributed by atoms with Crippen LogP contribution in [0.15, 0.2) is 6.07 Å². The molecule has 16 heavy (non-hydrogen) atoms. The van der Waals surface area contributed by atoms with Gasteiger partial charge in [0.1, 0.15) is 5.56 Å². The van der Waals surface area contributed by atoms with E-state index >= 15 is 0 Å². The fourth-order valence-corrected chi connectivity index (χ4v) is 1.14. The molecule has 0 radical (unpaired) electrons. The highest BCUT2D eigenvalue weighted by Gasteiger charge is 2.24.